The molecule has 35 heavy (non-hydrogen) atoms. The number of esters is 1. The fourth-order valence-corrected chi connectivity index (χ4v) is 4.71. The summed E-state index contributed by atoms with van der Waals surface area (Å²) in [6, 6.07) is 15.0. The SMILES string of the molecule is COC(=O)c1ccc(CN(C(=O)N2CCN(CC3(O)CCOCC3)CC2)c2cccc(C)c2)cc1. The molecule has 188 valence electrons. The Bertz CT molecular complexity index is 1010. The van der Waals surface area contributed by atoms with Gasteiger partial charge in [-0.05, 0) is 42.3 Å². The summed E-state index contributed by atoms with van der Waals surface area (Å²) in [5.74, 6) is -0.383. The molecular weight excluding hydrogens is 446 g/mol. The number of nitrogens with zero attached hydrogens (tertiary/aromatic N) is 3. The van der Waals surface area contributed by atoms with E-state index in [1.165, 1.54) is 7.11 Å². The first-order valence-corrected chi connectivity index (χ1v) is 12.2. The van der Waals surface area contributed by atoms with E-state index in [0.717, 1.165) is 29.9 Å². The molecular formula is C27H35N3O5. The van der Waals surface area contributed by atoms with Crippen LogP contribution in [0.3, 0.4) is 0 Å². The maximum absolute atomic E-state index is 13.7. The van der Waals surface area contributed by atoms with Crippen LogP contribution in [-0.2, 0) is 16.0 Å². The van der Waals surface area contributed by atoms with Gasteiger partial charge in [-0.15, -0.1) is 0 Å². The minimum Gasteiger partial charge on any atom is -0.465 e. The molecule has 0 spiro atoms. The van der Waals surface area contributed by atoms with Gasteiger partial charge in [0.1, 0.15) is 0 Å². The van der Waals surface area contributed by atoms with E-state index < -0.39 is 5.60 Å². The number of amides is 2. The zero-order valence-corrected chi connectivity index (χ0v) is 20.6. The molecule has 2 saturated heterocycles. The first-order chi connectivity index (χ1) is 16.9. The van der Waals surface area contributed by atoms with Gasteiger partial charge in [0.25, 0.3) is 0 Å². The second-order valence-corrected chi connectivity index (χ2v) is 9.50. The number of urea groups is 1. The first kappa shape index (κ1) is 25.2. The molecule has 0 atom stereocenters. The molecule has 2 aromatic rings. The van der Waals surface area contributed by atoms with E-state index >= 15 is 0 Å². The average Bonchev–Trinajstić information content (AvgIpc) is 2.87. The lowest BCUT2D eigenvalue weighted by molar-refractivity contribution is -0.0829. The first-order valence-electron chi connectivity index (χ1n) is 12.2. The van der Waals surface area contributed by atoms with Crippen LogP contribution < -0.4 is 4.90 Å². The Kier molecular flexibility index (Phi) is 8.05. The number of anilines is 1. The predicted octanol–water partition coefficient (Wildman–Crippen LogP) is 3.07. The van der Waals surface area contributed by atoms with Crippen LogP contribution in [0.4, 0.5) is 10.5 Å². The molecule has 2 aliphatic rings. The smallest absolute Gasteiger partial charge is 0.337 e. The number of rotatable bonds is 6. The van der Waals surface area contributed by atoms with E-state index in [1.54, 1.807) is 17.0 Å². The van der Waals surface area contributed by atoms with E-state index in [-0.39, 0.29) is 12.0 Å². The summed E-state index contributed by atoms with van der Waals surface area (Å²) in [5.41, 5.74) is 2.62. The van der Waals surface area contributed by atoms with Gasteiger partial charge in [-0.25, -0.2) is 9.59 Å². The average molecular weight is 482 g/mol. The molecule has 2 amide bonds. The molecule has 0 bridgehead atoms. The van der Waals surface area contributed by atoms with Crippen molar-refractivity contribution in [2.45, 2.75) is 31.9 Å². The zero-order chi connectivity index (χ0) is 24.8. The highest BCUT2D eigenvalue weighted by molar-refractivity contribution is 5.92. The molecule has 2 heterocycles. The number of aryl methyl sites for hydroxylation is 1. The van der Waals surface area contributed by atoms with Crippen LogP contribution >= 0.6 is 0 Å². The third-order valence-electron chi connectivity index (χ3n) is 6.84. The quantitative estimate of drug-likeness (QED) is 0.639. The topological polar surface area (TPSA) is 82.6 Å². The molecule has 0 aromatic heterocycles. The van der Waals surface area contributed by atoms with Crippen LogP contribution in [0, 0.1) is 6.92 Å². The van der Waals surface area contributed by atoms with E-state index in [9.17, 15) is 14.7 Å². The second kappa shape index (κ2) is 11.2. The van der Waals surface area contributed by atoms with Gasteiger partial charge in [0, 0.05) is 64.5 Å². The Morgan fingerprint density at radius 1 is 1.06 bits per heavy atom. The number of carbonyl (C=O) groups is 2. The second-order valence-electron chi connectivity index (χ2n) is 9.50. The van der Waals surface area contributed by atoms with E-state index in [4.69, 9.17) is 9.47 Å². The van der Waals surface area contributed by atoms with Gasteiger partial charge in [0.15, 0.2) is 0 Å². The maximum Gasteiger partial charge on any atom is 0.337 e. The summed E-state index contributed by atoms with van der Waals surface area (Å²) in [6.07, 6.45) is 1.31. The number of methoxy groups -OCH3 is 1. The van der Waals surface area contributed by atoms with E-state index in [1.807, 2.05) is 48.2 Å². The maximum atomic E-state index is 13.7. The molecule has 2 fully saturated rings. The monoisotopic (exact) mass is 481 g/mol. The van der Waals surface area contributed by atoms with Gasteiger partial charge in [0.05, 0.1) is 24.8 Å². The van der Waals surface area contributed by atoms with Crippen LogP contribution in [0.15, 0.2) is 48.5 Å². The van der Waals surface area contributed by atoms with Gasteiger partial charge in [-0.2, -0.15) is 0 Å². The Hall–Kier alpha value is -2.94. The molecule has 4 rings (SSSR count). The van der Waals surface area contributed by atoms with Crippen LogP contribution in [-0.4, -0.2) is 85.6 Å². The van der Waals surface area contributed by atoms with Gasteiger partial charge in [0.2, 0.25) is 0 Å². The van der Waals surface area contributed by atoms with E-state index in [0.29, 0.717) is 57.8 Å². The molecule has 2 aromatic carbocycles. The van der Waals surface area contributed by atoms with Crippen LogP contribution in [0.5, 0.6) is 0 Å². The molecule has 0 radical (unpaired) electrons. The van der Waals surface area contributed by atoms with Gasteiger partial charge in [-0.3, -0.25) is 9.80 Å². The lowest BCUT2D eigenvalue weighted by Crippen LogP contribution is -2.56. The van der Waals surface area contributed by atoms with Gasteiger partial charge in [-0.1, -0.05) is 24.3 Å². The molecule has 1 N–H and O–H groups in total. The zero-order valence-electron chi connectivity index (χ0n) is 20.6. The van der Waals surface area contributed by atoms with Crippen molar-refractivity contribution in [1.29, 1.82) is 0 Å². The molecule has 0 unspecified atom stereocenters. The number of benzene rings is 2. The summed E-state index contributed by atoms with van der Waals surface area (Å²) < 4.78 is 10.2. The van der Waals surface area contributed by atoms with Crippen molar-refractivity contribution in [3.63, 3.8) is 0 Å². The number of ether oxygens (including phenoxy) is 2. The Morgan fingerprint density at radius 3 is 2.37 bits per heavy atom. The lowest BCUT2D eigenvalue weighted by Gasteiger charge is -2.41. The predicted molar refractivity (Wildman–Crippen MR) is 134 cm³/mol. The van der Waals surface area contributed by atoms with Crippen molar-refractivity contribution in [1.82, 2.24) is 9.80 Å². The van der Waals surface area contributed by atoms with Crippen molar-refractivity contribution >= 4 is 17.7 Å². The third kappa shape index (κ3) is 6.39. The molecule has 0 aliphatic carbocycles. The summed E-state index contributed by atoms with van der Waals surface area (Å²) in [7, 11) is 1.36. The van der Waals surface area contributed by atoms with Crippen molar-refractivity contribution in [2.75, 3.05) is 57.9 Å². The number of aliphatic hydroxyl groups is 1. The molecule has 0 saturated carbocycles. The van der Waals surface area contributed by atoms with Crippen molar-refractivity contribution < 1.29 is 24.2 Å². The fourth-order valence-electron chi connectivity index (χ4n) is 4.71. The normalized spacial score (nSPS) is 18.2. The highest BCUT2D eigenvalue weighted by Crippen LogP contribution is 2.24. The summed E-state index contributed by atoms with van der Waals surface area (Å²) in [4.78, 5) is 31.4. The van der Waals surface area contributed by atoms with Crippen LogP contribution in [0.25, 0.3) is 0 Å². The number of piperazine rings is 1. The molecule has 8 nitrogen and oxygen atoms in total. The molecule has 8 heteroatoms. The number of hydrogen-bond donors (Lipinski definition) is 1. The Labute approximate surface area is 207 Å². The number of carbonyl (C=O) groups excluding carboxylic acids is 2. The van der Waals surface area contributed by atoms with Crippen molar-refractivity contribution in [3.8, 4) is 0 Å². The van der Waals surface area contributed by atoms with Crippen LogP contribution in [0.1, 0.15) is 34.3 Å². The number of β-amino-alcohol motifs (C(OH)–C–C–N with tert-alkyl or cyclic N) is 1. The lowest BCUT2D eigenvalue weighted by atomic mass is 9.93. The summed E-state index contributed by atoms with van der Waals surface area (Å²) in [5, 5.41) is 10.9. The largest absolute Gasteiger partial charge is 0.465 e. The fraction of sp³-hybridized carbons (Fsp3) is 0.481. The highest BCUT2D eigenvalue weighted by atomic mass is 16.5. The Morgan fingerprint density at radius 2 is 1.74 bits per heavy atom. The minimum atomic E-state index is -0.700. The van der Waals surface area contributed by atoms with Gasteiger partial charge >= 0.3 is 12.0 Å². The minimum absolute atomic E-state index is 0.0444. The standard InChI is InChI=1S/C27H35N3O5/c1-21-4-3-5-24(18-21)30(19-22-6-8-23(9-7-22)25(31)34-2)26(32)29-14-12-28(13-15-29)20-27(33)10-16-35-17-11-27/h3-9,18,33H,10-17,19-20H2,1-2H3. The van der Waals surface area contributed by atoms with Crippen LogP contribution in [0.2, 0.25) is 0 Å². The van der Waals surface area contributed by atoms with Gasteiger partial charge < -0.3 is 19.5 Å². The summed E-state index contributed by atoms with van der Waals surface area (Å²) in [6.45, 7) is 6.88. The molecule has 2 aliphatic heterocycles. The third-order valence-corrected chi connectivity index (χ3v) is 6.84. The van der Waals surface area contributed by atoms with E-state index in [2.05, 4.69) is 4.90 Å². The van der Waals surface area contributed by atoms with Crippen molar-refractivity contribution in [2.24, 2.45) is 0 Å². The summed E-state index contributed by atoms with van der Waals surface area (Å²) >= 11 is 0. The highest BCUT2D eigenvalue weighted by Gasteiger charge is 2.34. The number of hydrogen-bond acceptors (Lipinski definition) is 6. The Balaban J connectivity index is 1.44. The van der Waals surface area contributed by atoms with Crippen molar-refractivity contribution in [3.05, 3.63) is 65.2 Å².